The number of methoxy groups -OCH3 is 1. The molecule has 0 unspecified atom stereocenters. The number of hydrogen-bond donors (Lipinski definition) is 1. The number of carbonyl (C=O) groups excluding carboxylic acids is 1. The Hall–Kier alpha value is -2.51. The van der Waals surface area contributed by atoms with Crippen LogP contribution >= 0.6 is 23.4 Å². The van der Waals surface area contributed by atoms with Gasteiger partial charge in [0.15, 0.2) is 0 Å². The number of anilines is 1. The maximum absolute atomic E-state index is 12.0. The third kappa shape index (κ3) is 4.52. The molecule has 0 aliphatic heterocycles. The lowest BCUT2D eigenvalue weighted by Gasteiger charge is -2.05. The van der Waals surface area contributed by atoms with Gasteiger partial charge in [0.2, 0.25) is 11.8 Å². The van der Waals surface area contributed by atoms with Crippen molar-refractivity contribution in [2.75, 3.05) is 18.2 Å². The van der Waals surface area contributed by atoms with Crippen LogP contribution in [0, 0.1) is 0 Å². The molecule has 0 aliphatic carbocycles. The first-order valence-corrected chi connectivity index (χ1v) is 8.67. The molecular formula is C17H14ClN3O3S. The predicted molar refractivity (Wildman–Crippen MR) is 97.1 cm³/mol. The molecule has 128 valence electrons. The molecule has 1 heterocycles. The average Bonchev–Trinajstić information content (AvgIpc) is 3.11. The number of ether oxygens (including phenoxy) is 1. The van der Waals surface area contributed by atoms with Gasteiger partial charge in [0.05, 0.1) is 23.6 Å². The number of para-hydroxylation sites is 1. The Kier molecular flexibility index (Phi) is 5.57. The molecule has 0 aliphatic rings. The summed E-state index contributed by atoms with van der Waals surface area (Å²) >= 11 is 7.16. The summed E-state index contributed by atoms with van der Waals surface area (Å²) in [6.45, 7) is 0. The van der Waals surface area contributed by atoms with Crippen LogP contribution in [-0.2, 0) is 4.79 Å². The summed E-state index contributed by atoms with van der Waals surface area (Å²) < 4.78 is 10.7. The first-order valence-electron chi connectivity index (χ1n) is 7.31. The van der Waals surface area contributed by atoms with Gasteiger partial charge < -0.3 is 14.5 Å². The molecular weight excluding hydrogens is 362 g/mol. The zero-order valence-electron chi connectivity index (χ0n) is 13.2. The molecule has 3 rings (SSSR count). The maximum Gasteiger partial charge on any atom is 0.277 e. The molecule has 25 heavy (non-hydrogen) atoms. The van der Waals surface area contributed by atoms with Crippen LogP contribution in [-0.4, -0.2) is 29.0 Å². The van der Waals surface area contributed by atoms with Crippen molar-refractivity contribution in [1.29, 1.82) is 0 Å². The van der Waals surface area contributed by atoms with E-state index < -0.39 is 0 Å². The van der Waals surface area contributed by atoms with E-state index in [0.29, 0.717) is 21.8 Å². The zero-order chi connectivity index (χ0) is 17.6. The molecule has 0 saturated carbocycles. The van der Waals surface area contributed by atoms with Gasteiger partial charge in [-0.3, -0.25) is 4.79 Å². The minimum absolute atomic E-state index is 0.134. The third-order valence-electron chi connectivity index (χ3n) is 3.22. The summed E-state index contributed by atoms with van der Waals surface area (Å²) in [5.74, 6) is 1.06. The Morgan fingerprint density at radius 2 is 1.96 bits per heavy atom. The van der Waals surface area contributed by atoms with Gasteiger partial charge in [-0.2, -0.15) is 0 Å². The highest BCUT2D eigenvalue weighted by atomic mass is 35.5. The summed E-state index contributed by atoms with van der Waals surface area (Å²) in [5.41, 5.74) is 1.35. The van der Waals surface area contributed by atoms with E-state index in [4.69, 9.17) is 20.8 Å². The number of rotatable bonds is 6. The van der Waals surface area contributed by atoms with Crippen LogP contribution in [0.15, 0.2) is 58.2 Å². The highest BCUT2D eigenvalue weighted by Crippen LogP contribution is 2.25. The summed E-state index contributed by atoms with van der Waals surface area (Å²) in [6, 6.07) is 14.3. The van der Waals surface area contributed by atoms with E-state index in [1.165, 1.54) is 0 Å². The van der Waals surface area contributed by atoms with Crippen molar-refractivity contribution in [3.8, 4) is 17.2 Å². The van der Waals surface area contributed by atoms with Gasteiger partial charge in [0, 0.05) is 5.56 Å². The zero-order valence-corrected chi connectivity index (χ0v) is 14.8. The van der Waals surface area contributed by atoms with Crippen LogP contribution in [0.3, 0.4) is 0 Å². The number of amides is 1. The third-order valence-corrected chi connectivity index (χ3v) is 4.37. The number of nitrogens with one attached hydrogen (secondary N) is 1. The SMILES string of the molecule is COc1ccc(-c2nnc(SCC(=O)Nc3ccccc3Cl)o2)cc1. The minimum atomic E-state index is -0.206. The molecule has 3 aromatic rings. The van der Waals surface area contributed by atoms with Gasteiger partial charge in [0.25, 0.3) is 5.22 Å². The fourth-order valence-electron chi connectivity index (χ4n) is 1.99. The molecule has 2 aromatic carbocycles. The summed E-state index contributed by atoms with van der Waals surface area (Å²) in [6.07, 6.45) is 0. The lowest BCUT2D eigenvalue weighted by atomic mass is 10.2. The van der Waals surface area contributed by atoms with Crippen LogP contribution in [0.5, 0.6) is 5.75 Å². The van der Waals surface area contributed by atoms with Crippen LogP contribution in [0.4, 0.5) is 5.69 Å². The van der Waals surface area contributed by atoms with E-state index in [9.17, 15) is 4.79 Å². The first kappa shape index (κ1) is 17.3. The largest absolute Gasteiger partial charge is 0.497 e. The Bertz CT molecular complexity index is 868. The number of halogens is 1. The summed E-state index contributed by atoms with van der Waals surface area (Å²) in [7, 11) is 1.60. The molecule has 8 heteroatoms. The van der Waals surface area contributed by atoms with Gasteiger partial charge in [0.1, 0.15) is 5.75 Å². The Morgan fingerprint density at radius 1 is 1.20 bits per heavy atom. The van der Waals surface area contributed by atoms with E-state index in [1.54, 1.807) is 31.4 Å². The standard InChI is InChI=1S/C17H14ClN3O3S/c1-23-12-8-6-11(7-9-12)16-20-21-17(24-16)25-10-15(22)19-14-5-3-2-4-13(14)18/h2-9H,10H2,1H3,(H,19,22). The van der Waals surface area contributed by atoms with Crippen LogP contribution in [0.1, 0.15) is 0 Å². The van der Waals surface area contributed by atoms with E-state index >= 15 is 0 Å². The van der Waals surface area contributed by atoms with E-state index in [0.717, 1.165) is 23.1 Å². The van der Waals surface area contributed by atoms with Crippen LogP contribution in [0.2, 0.25) is 5.02 Å². The maximum atomic E-state index is 12.0. The normalized spacial score (nSPS) is 10.5. The molecule has 1 N–H and O–H groups in total. The first-order chi connectivity index (χ1) is 12.2. The second-order valence-electron chi connectivity index (χ2n) is 4.92. The number of benzene rings is 2. The lowest BCUT2D eigenvalue weighted by molar-refractivity contribution is -0.113. The Morgan fingerprint density at radius 3 is 2.68 bits per heavy atom. The highest BCUT2D eigenvalue weighted by molar-refractivity contribution is 7.99. The molecule has 0 fully saturated rings. The monoisotopic (exact) mass is 375 g/mol. The van der Waals surface area contributed by atoms with Crippen molar-refractivity contribution in [3.05, 3.63) is 53.6 Å². The molecule has 0 atom stereocenters. The summed E-state index contributed by atoms with van der Waals surface area (Å²) in [4.78, 5) is 12.0. The van der Waals surface area contributed by atoms with Crippen LogP contribution < -0.4 is 10.1 Å². The molecule has 0 spiro atoms. The Balaban J connectivity index is 1.58. The molecule has 1 aromatic heterocycles. The van der Waals surface area contributed by atoms with Gasteiger partial charge >= 0.3 is 0 Å². The van der Waals surface area contributed by atoms with E-state index in [1.807, 2.05) is 24.3 Å². The van der Waals surface area contributed by atoms with Crippen molar-refractivity contribution < 1.29 is 13.9 Å². The molecule has 0 bridgehead atoms. The van der Waals surface area contributed by atoms with Crippen molar-refractivity contribution >= 4 is 35.0 Å². The van der Waals surface area contributed by atoms with Gasteiger partial charge in [-0.15, -0.1) is 10.2 Å². The number of nitrogens with zero attached hydrogens (tertiary/aromatic N) is 2. The van der Waals surface area contributed by atoms with Crippen molar-refractivity contribution in [1.82, 2.24) is 10.2 Å². The van der Waals surface area contributed by atoms with Gasteiger partial charge in [-0.25, -0.2) is 0 Å². The fourth-order valence-corrected chi connectivity index (χ4v) is 2.74. The lowest BCUT2D eigenvalue weighted by Crippen LogP contribution is -2.14. The smallest absolute Gasteiger partial charge is 0.277 e. The van der Waals surface area contributed by atoms with Gasteiger partial charge in [-0.1, -0.05) is 35.5 Å². The number of aromatic nitrogens is 2. The highest BCUT2D eigenvalue weighted by Gasteiger charge is 2.12. The molecule has 6 nitrogen and oxygen atoms in total. The number of hydrogen-bond acceptors (Lipinski definition) is 6. The van der Waals surface area contributed by atoms with E-state index in [2.05, 4.69) is 15.5 Å². The molecule has 0 saturated heterocycles. The Labute approximate surface area is 153 Å². The topological polar surface area (TPSA) is 77.2 Å². The number of thioether (sulfide) groups is 1. The minimum Gasteiger partial charge on any atom is -0.497 e. The summed E-state index contributed by atoms with van der Waals surface area (Å²) in [5, 5.41) is 11.5. The quantitative estimate of drug-likeness (QED) is 0.653. The fraction of sp³-hybridized carbons (Fsp3) is 0.118. The second kappa shape index (κ2) is 8.04. The van der Waals surface area contributed by atoms with Crippen molar-refractivity contribution in [2.24, 2.45) is 0 Å². The predicted octanol–water partition coefficient (Wildman–Crippen LogP) is 4.13. The van der Waals surface area contributed by atoms with Crippen molar-refractivity contribution in [3.63, 3.8) is 0 Å². The molecule has 0 radical (unpaired) electrons. The molecule has 1 amide bonds. The number of carbonyl (C=O) groups is 1. The average molecular weight is 376 g/mol. The van der Waals surface area contributed by atoms with Gasteiger partial charge in [-0.05, 0) is 36.4 Å². The van der Waals surface area contributed by atoms with E-state index in [-0.39, 0.29) is 11.7 Å². The second-order valence-corrected chi connectivity index (χ2v) is 6.25. The van der Waals surface area contributed by atoms with Crippen LogP contribution in [0.25, 0.3) is 11.5 Å². The van der Waals surface area contributed by atoms with Crippen molar-refractivity contribution in [2.45, 2.75) is 5.22 Å².